The van der Waals surface area contributed by atoms with Gasteiger partial charge in [-0.05, 0) is 20.8 Å². The van der Waals surface area contributed by atoms with Crippen LogP contribution in [0, 0.1) is 0 Å². The van der Waals surface area contributed by atoms with Crippen LogP contribution in [-0.4, -0.2) is 61.6 Å². The quantitative estimate of drug-likeness (QED) is 0.686. The summed E-state index contributed by atoms with van der Waals surface area (Å²) in [7, 11) is 0. The van der Waals surface area contributed by atoms with Crippen molar-refractivity contribution < 1.29 is 14.3 Å². The maximum Gasteiger partial charge on any atom is 0.242 e. The highest BCUT2D eigenvalue weighted by Gasteiger charge is 2.31. The van der Waals surface area contributed by atoms with E-state index in [1.54, 1.807) is 4.90 Å². The van der Waals surface area contributed by atoms with Gasteiger partial charge in [0.2, 0.25) is 11.8 Å². The monoisotopic (exact) mass is 257 g/mol. The number of ether oxygens (including phenoxy) is 1. The summed E-state index contributed by atoms with van der Waals surface area (Å²) in [5.41, 5.74) is 0. The Bertz CT molecular complexity index is 296. The molecule has 2 atom stereocenters. The zero-order valence-electron chi connectivity index (χ0n) is 11.4. The Hall–Kier alpha value is -1.14. The van der Waals surface area contributed by atoms with Crippen LogP contribution in [0.25, 0.3) is 0 Å². The third kappa shape index (κ3) is 3.96. The van der Waals surface area contributed by atoms with Gasteiger partial charge in [-0.3, -0.25) is 9.59 Å². The fraction of sp³-hybridized carbons (Fsp3) is 0.833. The maximum atomic E-state index is 12.3. The molecule has 1 saturated heterocycles. The van der Waals surface area contributed by atoms with Crippen molar-refractivity contribution in [1.29, 1.82) is 0 Å². The number of amides is 2. The highest BCUT2D eigenvalue weighted by atomic mass is 16.5. The van der Waals surface area contributed by atoms with Crippen molar-refractivity contribution in [2.24, 2.45) is 0 Å². The van der Waals surface area contributed by atoms with Crippen molar-refractivity contribution in [2.75, 3.05) is 32.8 Å². The Morgan fingerprint density at radius 3 is 2.72 bits per heavy atom. The van der Waals surface area contributed by atoms with Gasteiger partial charge in [0.05, 0.1) is 19.3 Å². The summed E-state index contributed by atoms with van der Waals surface area (Å²) in [6, 6.07) is -0.354. The van der Waals surface area contributed by atoms with Crippen LogP contribution >= 0.6 is 0 Å². The summed E-state index contributed by atoms with van der Waals surface area (Å²) in [5.74, 6) is -0.201. The molecule has 0 saturated carbocycles. The first kappa shape index (κ1) is 14.9. The summed E-state index contributed by atoms with van der Waals surface area (Å²) in [6.07, 6.45) is -0.158. The van der Waals surface area contributed by atoms with Crippen molar-refractivity contribution >= 4 is 11.8 Å². The van der Waals surface area contributed by atoms with Gasteiger partial charge in [0, 0.05) is 19.6 Å². The van der Waals surface area contributed by atoms with E-state index in [0.29, 0.717) is 26.2 Å². The first-order valence-electron chi connectivity index (χ1n) is 6.50. The van der Waals surface area contributed by atoms with Gasteiger partial charge in [-0.2, -0.15) is 0 Å². The van der Waals surface area contributed by atoms with Crippen LogP contribution in [0.15, 0.2) is 0 Å². The lowest BCUT2D eigenvalue weighted by Crippen LogP contribution is -2.57. The number of nitrogens with zero attached hydrogens (tertiary/aromatic N) is 1. The predicted molar refractivity (Wildman–Crippen MR) is 68.1 cm³/mol. The van der Waals surface area contributed by atoms with Gasteiger partial charge in [0.25, 0.3) is 0 Å². The zero-order chi connectivity index (χ0) is 13.5. The van der Waals surface area contributed by atoms with Crippen LogP contribution in [-0.2, 0) is 14.3 Å². The normalized spacial score (nSPS) is 23.5. The topological polar surface area (TPSA) is 70.7 Å². The number of rotatable bonds is 5. The van der Waals surface area contributed by atoms with Crippen molar-refractivity contribution in [1.82, 2.24) is 15.5 Å². The second-order valence-corrected chi connectivity index (χ2v) is 4.31. The largest absolute Gasteiger partial charge is 0.375 e. The molecule has 2 N–H and O–H groups in total. The van der Waals surface area contributed by atoms with E-state index in [9.17, 15) is 9.59 Å². The number of nitrogens with one attached hydrogen (secondary N) is 2. The first-order valence-corrected chi connectivity index (χ1v) is 6.50. The maximum absolute atomic E-state index is 12.3. The molecule has 6 nitrogen and oxygen atoms in total. The Morgan fingerprint density at radius 1 is 1.44 bits per heavy atom. The van der Waals surface area contributed by atoms with E-state index in [4.69, 9.17) is 4.74 Å². The molecule has 0 spiro atoms. The van der Waals surface area contributed by atoms with Gasteiger partial charge in [-0.15, -0.1) is 0 Å². The van der Waals surface area contributed by atoms with Crippen molar-refractivity contribution in [3.8, 4) is 0 Å². The van der Waals surface area contributed by atoms with E-state index in [0.717, 1.165) is 0 Å². The molecule has 1 aliphatic rings. The molecule has 6 heteroatoms. The molecule has 104 valence electrons. The van der Waals surface area contributed by atoms with E-state index in [-0.39, 0.29) is 30.5 Å². The summed E-state index contributed by atoms with van der Waals surface area (Å²) in [5, 5.41) is 5.84. The van der Waals surface area contributed by atoms with E-state index in [1.165, 1.54) is 0 Å². The molecule has 0 unspecified atom stereocenters. The first-order chi connectivity index (χ1) is 8.60. The van der Waals surface area contributed by atoms with Gasteiger partial charge in [0.15, 0.2) is 0 Å². The minimum atomic E-state index is -0.354. The lowest BCUT2D eigenvalue weighted by molar-refractivity contribution is -0.142. The number of likely N-dealkylation sites (N-methyl/N-ethyl adjacent to an activating group) is 2. The fourth-order valence-electron chi connectivity index (χ4n) is 1.98. The zero-order valence-corrected chi connectivity index (χ0v) is 11.4. The molecule has 0 bridgehead atoms. The third-order valence-corrected chi connectivity index (χ3v) is 2.98. The SMILES string of the molecule is CCNC(=O)CN(CC)C(=O)[C@H]1NCCO[C@@H]1C. The summed E-state index contributed by atoms with van der Waals surface area (Å²) >= 11 is 0. The van der Waals surface area contributed by atoms with Crippen molar-refractivity contribution in [2.45, 2.75) is 32.9 Å². The van der Waals surface area contributed by atoms with E-state index in [2.05, 4.69) is 10.6 Å². The second kappa shape index (κ2) is 7.33. The highest BCUT2D eigenvalue weighted by Crippen LogP contribution is 2.07. The Balaban J connectivity index is 2.57. The fourth-order valence-corrected chi connectivity index (χ4v) is 1.98. The van der Waals surface area contributed by atoms with Crippen molar-refractivity contribution in [3.05, 3.63) is 0 Å². The van der Waals surface area contributed by atoms with E-state index >= 15 is 0 Å². The number of hydrogen-bond acceptors (Lipinski definition) is 4. The predicted octanol–water partition coefficient (Wildman–Crippen LogP) is -0.652. The molecule has 2 amide bonds. The summed E-state index contributed by atoms with van der Waals surface area (Å²) < 4.78 is 5.45. The van der Waals surface area contributed by atoms with Crippen LogP contribution < -0.4 is 10.6 Å². The Morgan fingerprint density at radius 2 is 2.17 bits per heavy atom. The average Bonchev–Trinajstić information content (AvgIpc) is 2.36. The van der Waals surface area contributed by atoms with Gasteiger partial charge >= 0.3 is 0 Å². The molecule has 1 fully saturated rings. The standard InChI is InChI=1S/C12H23N3O3/c1-4-13-10(16)8-15(5-2)12(17)11-9(3)18-7-6-14-11/h9,11,14H,4-8H2,1-3H3,(H,13,16)/t9-,11+/m1/s1. The molecule has 0 aromatic rings. The molecule has 0 aliphatic carbocycles. The number of hydrogen-bond donors (Lipinski definition) is 2. The number of carbonyl (C=O) groups excluding carboxylic acids is 2. The van der Waals surface area contributed by atoms with E-state index in [1.807, 2.05) is 20.8 Å². The van der Waals surface area contributed by atoms with Crippen molar-refractivity contribution in [3.63, 3.8) is 0 Å². The molecular formula is C12H23N3O3. The lowest BCUT2D eigenvalue weighted by Gasteiger charge is -2.33. The van der Waals surface area contributed by atoms with Gasteiger partial charge in [-0.1, -0.05) is 0 Å². The molecular weight excluding hydrogens is 234 g/mol. The molecule has 0 radical (unpaired) electrons. The van der Waals surface area contributed by atoms with Crippen LogP contribution in [0.3, 0.4) is 0 Å². The lowest BCUT2D eigenvalue weighted by atomic mass is 10.1. The van der Waals surface area contributed by atoms with Crippen LogP contribution in [0.4, 0.5) is 0 Å². The minimum absolute atomic E-state index is 0.0732. The molecule has 18 heavy (non-hydrogen) atoms. The molecule has 1 aliphatic heterocycles. The van der Waals surface area contributed by atoms with Gasteiger partial charge < -0.3 is 20.3 Å². The van der Waals surface area contributed by atoms with Crippen LogP contribution in [0.5, 0.6) is 0 Å². The number of morpholine rings is 1. The molecule has 1 heterocycles. The Labute approximate surface area is 108 Å². The van der Waals surface area contributed by atoms with Gasteiger partial charge in [0.1, 0.15) is 6.04 Å². The van der Waals surface area contributed by atoms with Crippen LogP contribution in [0.1, 0.15) is 20.8 Å². The van der Waals surface area contributed by atoms with E-state index < -0.39 is 0 Å². The summed E-state index contributed by atoms with van der Waals surface area (Å²) in [6.45, 7) is 8.07. The Kier molecular flexibility index (Phi) is 6.07. The van der Waals surface area contributed by atoms with Gasteiger partial charge in [-0.25, -0.2) is 0 Å². The molecule has 1 rings (SSSR count). The number of carbonyl (C=O) groups is 2. The second-order valence-electron chi connectivity index (χ2n) is 4.31. The molecule has 0 aromatic carbocycles. The van der Waals surface area contributed by atoms with Crippen LogP contribution in [0.2, 0.25) is 0 Å². The molecule has 0 aromatic heterocycles. The average molecular weight is 257 g/mol. The minimum Gasteiger partial charge on any atom is -0.375 e. The smallest absolute Gasteiger partial charge is 0.242 e. The highest BCUT2D eigenvalue weighted by molar-refractivity contribution is 5.88. The summed E-state index contributed by atoms with van der Waals surface area (Å²) in [4.78, 5) is 25.4. The third-order valence-electron chi connectivity index (χ3n) is 2.98.